The molecule has 2 nitrogen and oxygen atoms in total. The fourth-order valence-corrected chi connectivity index (χ4v) is 1.98. The van der Waals surface area contributed by atoms with Crippen molar-refractivity contribution in [2.75, 3.05) is 6.61 Å². The van der Waals surface area contributed by atoms with Crippen molar-refractivity contribution in [3.05, 3.63) is 0 Å². The molecule has 0 aliphatic heterocycles. The molecule has 2 unspecified atom stereocenters. The zero-order valence-corrected chi connectivity index (χ0v) is 10.4. The Morgan fingerprint density at radius 1 is 1.00 bits per heavy atom. The van der Waals surface area contributed by atoms with Crippen LogP contribution in [-0.4, -0.2) is 22.9 Å². The van der Waals surface area contributed by atoms with Crippen LogP contribution >= 0.6 is 0 Å². The van der Waals surface area contributed by atoms with Crippen molar-refractivity contribution in [3.63, 3.8) is 0 Å². The number of hydrogen-bond acceptors (Lipinski definition) is 2. The van der Waals surface area contributed by atoms with Gasteiger partial charge in [0.05, 0.1) is 6.10 Å². The minimum atomic E-state index is -0.154. The van der Waals surface area contributed by atoms with Gasteiger partial charge in [-0.25, -0.2) is 0 Å². The number of rotatable bonds is 10. The van der Waals surface area contributed by atoms with E-state index in [1.54, 1.807) is 0 Å². The smallest absolute Gasteiger partial charge is 0.0542 e. The molecule has 2 atom stereocenters. The van der Waals surface area contributed by atoms with E-state index in [1.165, 1.54) is 25.7 Å². The molecule has 0 saturated carbocycles. The van der Waals surface area contributed by atoms with E-state index in [-0.39, 0.29) is 12.7 Å². The molecule has 0 rings (SSSR count). The highest BCUT2D eigenvalue weighted by atomic mass is 16.3. The van der Waals surface area contributed by atoms with Gasteiger partial charge in [-0.1, -0.05) is 39.5 Å². The highest BCUT2D eigenvalue weighted by molar-refractivity contribution is 4.64. The van der Waals surface area contributed by atoms with Crippen molar-refractivity contribution in [1.29, 1.82) is 0 Å². The summed E-state index contributed by atoms with van der Waals surface area (Å²) in [6.45, 7) is 4.67. The molecule has 0 spiro atoms. The number of aliphatic hydroxyl groups is 2. The third-order valence-electron chi connectivity index (χ3n) is 3.09. The summed E-state index contributed by atoms with van der Waals surface area (Å²) in [5.41, 5.74) is 0. The summed E-state index contributed by atoms with van der Waals surface area (Å²) in [5, 5.41) is 18.4. The Hall–Kier alpha value is -0.0800. The average Bonchev–Trinajstić information content (AvgIpc) is 2.24. The predicted octanol–water partition coefficient (Wildman–Crippen LogP) is 3.12. The molecule has 0 aromatic carbocycles. The van der Waals surface area contributed by atoms with E-state index in [9.17, 15) is 5.11 Å². The Balaban J connectivity index is 3.55. The Kier molecular flexibility index (Phi) is 10.4. The quantitative estimate of drug-likeness (QED) is 0.551. The maximum atomic E-state index is 9.80. The topological polar surface area (TPSA) is 40.5 Å². The zero-order valence-electron chi connectivity index (χ0n) is 10.4. The molecule has 92 valence electrons. The van der Waals surface area contributed by atoms with E-state index in [0.717, 1.165) is 25.7 Å². The molecule has 0 fully saturated rings. The van der Waals surface area contributed by atoms with E-state index in [4.69, 9.17) is 5.11 Å². The van der Waals surface area contributed by atoms with E-state index in [1.807, 2.05) is 0 Å². The molecule has 2 N–H and O–H groups in total. The van der Waals surface area contributed by atoms with E-state index in [2.05, 4.69) is 13.8 Å². The number of aliphatic hydroxyl groups excluding tert-OH is 2. The van der Waals surface area contributed by atoms with Gasteiger partial charge in [0, 0.05) is 6.61 Å². The van der Waals surface area contributed by atoms with E-state index in [0.29, 0.717) is 5.92 Å². The van der Waals surface area contributed by atoms with Gasteiger partial charge in [-0.2, -0.15) is 0 Å². The molecule has 0 aromatic rings. The summed E-state index contributed by atoms with van der Waals surface area (Å²) in [4.78, 5) is 0. The SMILES string of the molecule is CCCCC(CC)CC(O)CCCCO. The van der Waals surface area contributed by atoms with Crippen molar-refractivity contribution in [2.45, 2.75) is 71.3 Å². The van der Waals surface area contributed by atoms with Gasteiger partial charge in [-0.15, -0.1) is 0 Å². The summed E-state index contributed by atoms with van der Waals surface area (Å²) >= 11 is 0. The molecule has 0 bridgehead atoms. The molecule has 0 amide bonds. The highest BCUT2D eigenvalue weighted by Crippen LogP contribution is 2.20. The Morgan fingerprint density at radius 2 is 1.73 bits per heavy atom. The standard InChI is InChI=1S/C13H28O2/c1-3-5-8-12(4-2)11-13(15)9-6-7-10-14/h12-15H,3-11H2,1-2H3. The van der Waals surface area contributed by atoms with Gasteiger partial charge in [0.2, 0.25) is 0 Å². The monoisotopic (exact) mass is 216 g/mol. The first kappa shape index (κ1) is 14.9. The first-order valence-electron chi connectivity index (χ1n) is 6.53. The summed E-state index contributed by atoms with van der Waals surface area (Å²) in [6, 6.07) is 0. The van der Waals surface area contributed by atoms with Gasteiger partial charge in [0.25, 0.3) is 0 Å². The van der Waals surface area contributed by atoms with Crippen molar-refractivity contribution >= 4 is 0 Å². The van der Waals surface area contributed by atoms with Crippen LogP contribution in [0.3, 0.4) is 0 Å². The Bertz CT molecular complexity index is 126. The molecule has 0 aromatic heterocycles. The molecular weight excluding hydrogens is 188 g/mol. The van der Waals surface area contributed by atoms with Crippen LogP contribution in [0.25, 0.3) is 0 Å². The second kappa shape index (κ2) is 10.4. The fourth-order valence-electron chi connectivity index (χ4n) is 1.98. The van der Waals surface area contributed by atoms with Crippen molar-refractivity contribution in [1.82, 2.24) is 0 Å². The van der Waals surface area contributed by atoms with Crippen LogP contribution < -0.4 is 0 Å². The number of unbranched alkanes of at least 4 members (excludes halogenated alkanes) is 2. The van der Waals surface area contributed by atoms with Gasteiger partial charge < -0.3 is 10.2 Å². The van der Waals surface area contributed by atoms with Gasteiger partial charge in [0.1, 0.15) is 0 Å². The van der Waals surface area contributed by atoms with Crippen LogP contribution in [0.1, 0.15) is 65.2 Å². The summed E-state index contributed by atoms with van der Waals surface area (Å²) in [6.07, 6.45) is 8.37. The van der Waals surface area contributed by atoms with Crippen LogP contribution in [0.2, 0.25) is 0 Å². The molecular formula is C13H28O2. The molecule has 0 saturated heterocycles. The summed E-state index contributed by atoms with van der Waals surface area (Å²) in [5.74, 6) is 0.689. The third-order valence-corrected chi connectivity index (χ3v) is 3.09. The minimum Gasteiger partial charge on any atom is -0.396 e. The predicted molar refractivity (Wildman–Crippen MR) is 64.9 cm³/mol. The summed E-state index contributed by atoms with van der Waals surface area (Å²) < 4.78 is 0. The van der Waals surface area contributed by atoms with Crippen molar-refractivity contribution < 1.29 is 10.2 Å². The Labute approximate surface area is 94.7 Å². The van der Waals surface area contributed by atoms with Gasteiger partial charge in [-0.3, -0.25) is 0 Å². The molecule has 0 radical (unpaired) electrons. The highest BCUT2D eigenvalue weighted by Gasteiger charge is 2.12. The maximum absolute atomic E-state index is 9.80. The second-order valence-corrected chi connectivity index (χ2v) is 4.53. The van der Waals surface area contributed by atoms with Crippen LogP contribution in [0.15, 0.2) is 0 Å². The van der Waals surface area contributed by atoms with Crippen molar-refractivity contribution in [3.8, 4) is 0 Å². The van der Waals surface area contributed by atoms with Gasteiger partial charge in [0.15, 0.2) is 0 Å². The average molecular weight is 216 g/mol. The third kappa shape index (κ3) is 8.88. The Morgan fingerprint density at radius 3 is 2.27 bits per heavy atom. The molecule has 0 aliphatic rings. The fraction of sp³-hybridized carbons (Fsp3) is 1.00. The molecule has 15 heavy (non-hydrogen) atoms. The zero-order chi connectivity index (χ0) is 11.5. The molecule has 0 heterocycles. The van der Waals surface area contributed by atoms with E-state index >= 15 is 0 Å². The maximum Gasteiger partial charge on any atom is 0.0542 e. The first-order chi connectivity index (χ1) is 7.24. The normalized spacial score (nSPS) is 15.2. The minimum absolute atomic E-state index is 0.154. The van der Waals surface area contributed by atoms with Crippen molar-refractivity contribution in [2.24, 2.45) is 5.92 Å². The van der Waals surface area contributed by atoms with E-state index < -0.39 is 0 Å². The number of hydrogen-bond donors (Lipinski definition) is 2. The van der Waals surface area contributed by atoms with Crippen LogP contribution in [-0.2, 0) is 0 Å². The van der Waals surface area contributed by atoms with Crippen LogP contribution in [0.5, 0.6) is 0 Å². The molecule has 0 aliphatic carbocycles. The lowest BCUT2D eigenvalue weighted by molar-refractivity contribution is 0.123. The second-order valence-electron chi connectivity index (χ2n) is 4.53. The lowest BCUT2D eigenvalue weighted by atomic mass is 9.91. The molecule has 2 heteroatoms. The lowest BCUT2D eigenvalue weighted by Crippen LogP contribution is -2.13. The summed E-state index contributed by atoms with van der Waals surface area (Å²) in [7, 11) is 0. The van der Waals surface area contributed by atoms with Gasteiger partial charge >= 0.3 is 0 Å². The largest absolute Gasteiger partial charge is 0.396 e. The van der Waals surface area contributed by atoms with Gasteiger partial charge in [-0.05, 0) is 31.6 Å². The van der Waals surface area contributed by atoms with Crippen LogP contribution in [0.4, 0.5) is 0 Å². The first-order valence-corrected chi connectivity index (χ1v) is 6.53. The lowest BCUT2D eigenvalue weighted by Gasteiger charge is -2.18. The van der Waals surface area contributed by atoms with Crippen LogP contribution in [0, 0.1) is 5.92 Å².